The van der Waals surface area contributed by atoms with Crippen molar-refractivity contribution in [2.75, 3.05) is 20.3 Å². The predicted octanol–water partition coefficient (Wildman–Crippen LogP) is 6.52. The lowest BCUT2D eigenvalue weighted by molar-refractivity contribution is 0.0174. The van der Waals surface area contributed by atoms with Crippen molar-refractivity contribution >= 4 is 0 Å². The molecule has 0 aromatic carbocycles. The molecule has 0 saturated carbocycles. The largest absolute Gasteiger partial charge is 0.379 e. The normalized spacial score (nSPS) is 12.7. The Morgan fingerprint density at radius 1 is 0.636 bits per heavy atom. The number of ether oxygens (including phenoxy) is 2. The smallest absolute Gasteiger partial charge is 0.0776 e. The second-order valence-corrected chi connectivity index (χ2v) is 6.72. The summed E-state index contributed by atoms with van der Waals surface area (Å²) < 4.78 is 10.7. The van der Waals surface area contributed by atoms with E-state index in [0.29, 0.717) is 0 Å². The molecule has 0 aromatic rings. The molecule has 2 nitrogen and oxygen atoms in total. The van der Waals surface area contributed by atoms with E-state index < -0.39 is 0 Å². The number of unbranched alkanes of at least 4 members (excludes halogenated alkanes) is 13. The highest BCUT2D eigenvalue weighted by molar-refractivity contribution is 4.50. The molecule has 2 heteroatoms. The van der Waals surface area contributed by atoms with Crippen LogP contribution < -0.4 is 0 Å². The highest BCUT2D eigenvalue weighted by Crippen LogP contribution is 2.12. The Bertz CT molecular complexity index is 194. The van der Waals surface area contributed by atoms with Gasteiger partial charge in [0, 0.05) is 13.7 Å². The first-order valence-corrected chi connectivity index (χ1v) is 9.91. The van der Waals surface area contributed by atoms with E-state index in [1.54, 1.807) is 7.11 Å². The molecule has 22 heavy (non-hydrogen) atoms. The van der Waals surface area contributed by atoms with Crippen LogP contribution in [0.2, 0.25) is 0 Å². The summed E-state index contributed by atoms with van der Waals surface area (Å²) in [5.74, 6) is 0. The van der Waals surface area contributed by atoms with Crippen molar-refractivity contribution in [3.05, 3.63) is 0 Å². The summed E-state index contributed by atoms with van der Waals surface area (Å²) in [7, 11) is 1.74. The Balaban J connectivity index is 2.97. The summed E-state index contributed by atoms with van der Waals surface area (Å²) in [5, 5.41) is 0. The molecule has 0 fully saturated rings. The molecular formula is C20H42O2. The molecule has 0 bridgehead atoms. The van der Waals surface area contributed by atoms with Crippen LogP contribution in [-0.4, -0.2) is 26.4 Å². The van der Waals surface area contributed by atoms with Crippen LogP contribution in [0.25, 0.3) is 0 Å². The number of methoxy groups -OCH3 is 1. The Morgan fingerprint density at radius 3 is 1.45 bits per heavy atom. The first-order valence-electron chi connectivity index (χ1n) is 9.91. The van der Waals surface area contributed by atoms with E-state index in [4.69, 9.17) is 9.47 Å². The molecule has 0 N–H and O–H groups in total. The van der Waals surface area contributed by atoms with Crippen molar-refractivity contribution in [3.8, 4) is 0 Å². The van der Waals surface area contributed by atoms with Crippen LogP contribution in [-0.2, 0) is 9.47 Å². The molecule has 0 rings (SSSR count). The Kier molecular flexibility index (Phi) is 18.9. The molecule has 0 saturated heterocycles. The number of rotatable bonds is 18. The minimum absolute atomic E-state index is 0.228. The molecule has 1 atom stereocenters. The fraction of sp³-hybridized carbons (Fsp3) is 1.00. The third kappa shape index (κ3) is 18.0. The van der Waals surface area contributed by atoms with Crippen molar-refractivity contribution in [2.24, 2.45) is 0 Å². The second kappa shape index (κ2) is 19.0. The molecule has 0 spiro atoms. The van der Waals surface area contributed by atoms with Gasteiger partial charge in [0.15, 0.2) is 0 Å². The van der Waals surface area contributed by atoms with E-state index in [1.807, 2.05) is 6.92 Å². The summed E-state index contributed by atoms with van der Waals surface area (Å²) in [5.41, 5.74) is 0. The van der Waals surface area contributed by atoms with Gasteiger partial charge in [-0.15, -0.1) is 0 Å². The number of hydrogen-bond donors (Lipinski definition) is 0. The quantitative estimate of drug-likeness (QED) is 0.268. The van der Waals surface area contributed by atoms with Gasteiger partial charge in [-0.25, -0.2) is 0 Å². The van der Waals surface area contributed by atoms with E-state index in [2.05, 4.69) is 6.92 Å². The van der Waals surface area contributed by atoms with Crippen LogP contribution in [0.15, 0.2) is 0 Å². The Morgan fingerprint density at radius 2 is 1.05 bits per heavy atom. The highest BCUT2D eigenvalue weighted by Gasteiger charge is 1.98. The van der Waals surface area contributed by atoms with Crippen LogP contribution in [0.1, 0.15) is 104 Å². The van der Waals surface area contributed by atoms with Gasteiger partial charge in [-0.3, -0.25) is 0 Å². The van der Waals surface area contributed by atoms with Gasteiger partial charge in [0.2, 0.25) is 0 Å². The first-order chi connectivity index (χ1) is 10.8. The second-order valence-electron chi connectivity index (χ2n) is 6.72. The monoisotopic (exact) mass is 314 g/mol. The third-order valence-corrected chi connectivity index (χ3v) is 4.40. The fourth-order valence-corrected chi connectivity index (χ4v) is 2.72. The maximum atomic E-state index is 5.57. The van der Waals surface area contributed by atoms with Crippen LogP contribution in [0.5, 0.6) is 0 Å². The summed E-state index contributed by atoms with van der Waals surface area (Å²) in [6, 6.07) is 0. The van der Waals surface area contributed by atoms with Crippen molar-refractivity contribution in [1.82, 2.24) is 0 Å². The lowest BCUT2D eigenvalue weighted by Gasteiger charge is -2.09. The van der Waals surface area contributed by atoms with Crippen LogP contribution in [0.4, 0.5) is 0 Å². The summed E-state index contributed by atoms with van der Waals surface area (Å²) >= 11 is 0. The van der Waals surface area contributed by atoms with Gasteiger partial charge in [0.05, 0.1) is 12.7 Å². The zero-order valence-corrected chi connectivity index (χ0v) is 15.7. The van der Waals surface area contributed by atoms with E-state index in [9.17, 15) is 0 Å². The minimum atomic E-state index is 0.228. The van der Waals surface area contributed by atoms with Gasteiger partial charge < -0.3 is 9.47 Å². The zero-order chi connectivity index (χ0) is 16.3. The van der Waals surface area contributed by atoms with Crippen LogP contribution in [0, 0.1) is 0 Å². The van der Waals surface area contributed by atoms with Gasteiger partial charge >= 0.3 is 0 Å². The standard InChI is InChI=1S/C20H42O2/c1-4-5-6-7-8-9-10-11-12-13-14-15-16-17-18-22-19-20(2)21-3/h20H,4-19H2,1-3H3. The topological polar surface area (TPSA) is 18.5 Å². The molecule has 0 heterocycles. The van der Waals surface area contributed by atoms with Gasteiger partial charge in [-0.2, -0.15) is 0 Å². The van der Waals surface area contributed by atoms with E-state index in [0.717, 1.165) is 13.2 Å². The van der Waals surface area contributed by atoms with Gasteiger partial charge in [-0.05, 0) is 13.3 Å². The third-order valence-electron chi connectivity index (χ3n) is 4.40. The molecule has 0 aromatic heterocycles. The van der Waals surface area contributed by atoms with Crippen molar-refractivity contribution < 1.29 is 9.47 Å². The molecule has 0 aliphatic rings. The maximum absolute atomic E-state index is 5.57. The number of hydrogen-bond acceptors (Lipinski definition) is 2. The maximum Gasteiger partial charge on any atom is 0.0776 e. The molecule has 0 amide bonds. The van der Waals surface area contributed by atoms with Crippen LogP contribution in [0.3, 0.4) is 0 Å². The van der Waals surface area contributed by atoms with Crippen molar-refractivity contribution in [1.29, 1.82) is 0 Å². The van der Waals surface area contributed by atoms with Crippen LogP contribution >= 0.6 is 0 Å². The van der Waals surface area contributed by atoms with Crippen molar-refractivity contribution in [3.63, 3.8) is 0 Å². The average molecular weight is 315 g/mol. The molecule has 1 unspecified atom stereocenters. The lowest BCUT2D eigenvalue weighted by Crippen LogP contribution is -2.14. The van der Waals surface area contributed by atoms with E-state index in [1.165, 1.54) is 89.9 Å². The zero-order valence-electron chi connectivity index (χ0n) is 15.7. The first kappa shape index (κ1) is 21.9. The molecule has 134 valence electrons. The molecule has 0 aliphatic heterocycles. The minimum Gasteiger partial charge on any atom is -0.379 e. The van der Waals surface area contributed by atoms with Gasteiger partial charge in [-0.1, -0.05) is 90.4 Å². The summed E-state index contributed by atoms with van der Waals surface area (Å²) in [6.07, 6.45) is 19.9. The van der Waals surface area contributed by atoms with Crippen molar-refractivity contribution in [2.45, 2.75) is 110 Å². The van der Waals surface area contributed by atoms with E-state index in [-0.39, 0.29) is 6.10 Å². The molecule has 0 radical (unpaired) electrons. The van der Waals surface area contributed by atoms with Gasteiger partial charge in [0.1, 0.15) is 0 Å². The SMILES string of the molecule is CCCCCCCCCCCCCCCCOCC(C)OC. The highest BCUT2D eigenvalue weighted by atomic mass is 16.5. The van der Waals surface area contributed by atoms with E-state index >= 15 is 0 Å². The van der Waals surface area contributed by atoms with Gasteiger partial charge in [0.25, 0.3) is 0 Å². The lowest BCUT2D eigenvalue weighted by atomic mass is 10.0. The molecular weight excluding hydrogens is 272 g/mol. The summed E-state index contributed by atoms with van der Waals surface area (Å²) in [4.78, 5) is 0. The summed E-state index contributed by atoms with van der Waals surface area (Å²) in [6.45, 7) is 5.96. The Labute approximate surface area is 140 Å². The fourth-order valence-electron chi connectivity index (χ4n) is 2.72. The average Bonchev–Trinajstić information content (AvgIpc) is 2.54. The Hall–Kier alpha value is -0.0800. The molecule has 0 aliphatic carbocycles. The predicted molar refractivity (Wildman–Crippen MR) is 97.6 cm³/mol.